The molecule has 1 aliphatic rings. The van der Waals surface area contributed by atoms with Gasteiger partial charge in [-0.05, 0) is 45.0 Å². The van der Waals surface area contributed by atoms with Crippen LogP contribution in [0.2, 0.25) is 5.28 Å². The summed E-state index contributed by atoms with van der Waals surface area (Å²) in [4.78, 5) is 17.0. The maximum atomic E-state index is 5.97. The number of piperidine rings is 1. The maximum absolute atomic E-state index is 5.97. The van der Waals surface area contributed by atoms with Gasteiger partial charge in [0.15, 0.2) is 0 Å². The minimum absolute atomic E-state index is 0.253. The van der Waals surface area contributed by atoms with Crippen molar-refractivity contribution in [3.63, 3.8) is 0 Å². The van der Waals surface area contributed by atoms with Crippen LogP contribution < -0.4 is 10.2 Å². The number of rotatable bonds is 5. The molecule has 0 spiro atoms. The Bertz CT molecular complexity index is 405. The number of halogens is 1. The molecule has 1 aromatic rings. The molecule has 0 saturated carbocycles. The highest BCUT2D eigenvalue weighted by Crippen LogP contribution is 2.18. The number of nitrogens with zero attached hydrogens (tertiary/aromatic N) is 5. The second-order valence-corrected chi connectivity index (χ2v) is 5.34. The van der Waals surface area contributed by atoms with Gasteiger partial charge in [0.05, 0.1) is 0 Å². The fraction of sp³-hybridized carbons (Fsp3) is 0.750. The first kappa shape index (κ1) is 14.3. The number of hydrogen-bond acceptors (Lipinski definition) is 6. The second-order valence-electron chi connectivity index (χ2n) is 5.01. The smallest absolute Gasteiger partial charge is 0.231 e. The van der Waals surface area contributed by atoms with Crippen LogP contribution in [-0.4, -0.2) is 60.1 Å². The summed E-state index contributed by atoms with van der Waals surface area (Å²) in [5.74, 6) is 1.24. The monoisotopic (exact) mass is 284 g/mol. The van der Waals surface area contributed by atoms with E-state index in [0.717, 1.165) is 26.2 Å². The van der Waals surface area contributed by atoms with Crippen molar-refractivity contribution in [1.82, 2.24) is 19.9 Å². The van der Waals surface area contributed by atoms with E-state index in [-0.39, 0.29) is 5.28 Å². The number of anilines is 2. The third kappa shape index (κ3) is 4.47. The third-order valence-electron chi connectivity index (χ3n) is 3.08. The standard InChI is InChI=1S/C12H21ClN6/c1-18(2)9-6-14-11-15-10(13)16-12(17-11)19-7-4-3-5-8-19/h3-9H2,1-2H3,(H,14,15,16,17). The highest BCUT2D eigenvalue weighted by atomic mass is 35.5. The maximum Gasteiger partial charge on any atom is 0.231 e. The molecular weight excluding hydrogens is 264 g/mol. The molecule has 0 aliphatic carbocycles. The Kier molecular flexibility index (Phi) is 5.15. The van der Waals surface area contributed by atoms with Gasteiger partial charge in [-0.1, -0.05) is 0 Å². The average Bonchev–Trinajstić information content (AvgIpc) is 2.39. The van der Waals surface area contributed by atoms with E-state index >= 15 is 0 Å². The normalized spacial score (nSPS) is 15.9. The van der Waals surface area contributed by atoms with Crippen molar-refractivity contribution in [3.05, 3.63) is 5.28 Å². The first-order valence-corrected chi connectivity index (χ1v) is 7.08. The number of nitrogens with one attached hydrogen (secondary N) is 1. The van der Waals surface area contributed by atoms with Gasteiger partial charge in [-0.3, -0.25) is 0 Å². The van der Waals surface area contributed by atoms with Crippen molar-refractivity contribution in [2.75, 3.05) is 50.5 Å². The molecule has 2 heterocycles. The number of aromatic nitrogens is 3. The SMILES string of the molecule is CN(C)CCNc1nc(Cl)nc(N2CCCCC2)n1. The minimum Gasteiger partial charge on any atom is -0.353 e. The predicted octanol–water partition coefficient (Wildman–Crippen LogP) is 1.49. The van der Waals surface area contributed by atoms with Crippen LogP contribution >= 0.6 is 11.6 Å². The molecule has 1 fully saturated rings. The molecule has 6 nitrogen and oxygen atoms in total. The molecule has 1 aromatic heterocycles. The fourth-order valence-electron chi connectivity index (χ4n) is 2.05. The van der Waals surface area contributed by atoms with E-state index in [2.05, 4.69) is 30.1 Å². The summed E-state index contributed by atoms with van der Waals surface area (Å²) >= 11 is 5.97. The molecular formula is C12H21ClN6. The van der Waals surface area contributed by atoms with E-state index in [4.69, 9.17) is 11.6 Å². The van der Waals surface area contributed by atoms with Gasteiger partial charge in [0.25, 0.3) is 0 Å². The molecule has 1 N–H and O–H groups in total. The van der Waals surface area contributed by atoms with Crippen molar-refractivity contribution in [2.45, 2.75) is 19.3 Å². The lowest BCUT2D eigenvalue weighted by atomic mass is 10.1. The van der Waals surface area contributed by atoms with E-state index in [9.17, 15) is 0 Å². The molecule has 106 valence electrons. The van der Waals surface area contributed by atoms with Gasteiger partial charge in [-0.25, -0.2) is 0 Å². The minimum atomic E-state index is 0.253. The van der Waals surface area contributed by atoms with Crippen LogP contribution in [0.3, 0.4) is 0 Å². The topological polar surface area (TPSA) is 57.2 Å². The molecule has 0 radical (unpaired) electrons. The van der Waals surface area contributed by atoms with Crippen LogP contribution in [0, 0.1) is 0 Å². The molecule has 0 atom stereocenters. The zero-order valence-electron chi connectivity index (χ0n) is 11.6. The van der Waals surface area contributed by atoms with Crippen molar-refractivity contribution in [3.8, 4) is 0 Å². The molecule has 0 amide bonds. The van der Waals surface area contributed by atoms with Crippen LogP contribution in [0.1, 0.15) is 19.3 Å². The van der Waals surface area contributed by atoms with Crippen LogP contribution in [0.4, 0.5) is 11.9 Å². The molecule has 0 bridgehead atoms. The van der Waals surface area contributed by atoms with Crippen molar-refractivity contribution < 1.29 is 0 Å². The summed E-state index contributed by atoms with van der Waals surface area (Å²) in [6.07, 6.45) is 3.66. The summed E-state index contributed by atoms with van der Waals surface area (Å²) < 4.78 is 0. The van der Waals surface area contributed by atoms with Crippen molar-refractivity contribution in [1.29, 1.82) is 0 Å². The summed E-state index contributed by atoms with van der Waals surface area (Å²) in [5, 5.41) is 3.43. The van der Waals surface area contributed by atoms with Crippen molar-refractivity contribution >= 4 is 23.5 Å². The Morgan fingerprint density at radius 3 is 2.58 bits per heavy atom. The van der Waals surface area contributed by atoms with E-state index in [0.29, 0.717) is 11.9 Å². The van der Waals surface area contributed by atoms with E-state index in [1.165, 1.54) is 19.3 Å². The fourth-order valence-corrected chi connectivity index (χ4v) is 2.20. The quantitative estimate of drug-likeness (QED) is 0.884. The van der Waals surface area contributed by atoms with Crippen LogP contribution in [-0.2, 0) is 0 Å². The molecule has 19 heavy (non-hydrogen) atoms. The van der Waals surface area contributed by atoms with Gasteiger partial charge in [-0.15, -0.1) is 0 Å². The lowest BCUT2D eigenvalue weighted by Gasteiger charge is -2.26. The van der Waals surface area contributed by atoms with Crippen LogP contribution in [0.5, 0.6) is 0 Å². The molecule has 0 unspecified atom stereocenters. The average molecular weight is 285 g/mol. The Morgan fingerprint density at radius 1 is 1.16 bits per heavy atom. The molecule has 2 rings (SSSR count). The second kappa shape index (κ2) is 6.86. The lowest BCUT2D eigenvalue weighted by Crippen LogP contribution is -2.31. The first-order chi connectivity index (χ1) is 9.15. The molecule has 1 aliphatic heterocycles. The van der Waals surface area contributed by atoms with E-state index < -0.39 is 0 Å². The van der Waals surface area contributed by atoms with Gasteiger partial charge < -0.3 is 15.1 Å². The van der Waals surface area contributed by atoms with Gasteiger partial charge >= 0.3 is 0 Å². The van der Waals surface area contributed by atoms with Crippen molar-refractivity contribution in [2.24, 2.45) is 0 Å². The highest BCUT2D eigenvalue weighted by molar-refractivity contribution is 6.28. The lowest BCUT2D eigenvalue weighted by molar-refractivity contribution is 0.425. The summed E-state index contributed by atoms with van der Waals surface area (Å²) in [6.45, 7) is 3.70. The summed E-state index contributed by atoms with van der Waals surface area (Å²) in [6, 6.07) is 0. The molecule has 1 saturated heterocycles. The zero-order chi connectivity index (χ0) is 13.7. The Morgan fingerprint density at radius 2 is 1.89 bits per heavy atom. The first-order valence-electron chi connectivity index (χ1n) is 6.70. The van der Waals surface area contributed by atoms with E-state index in [1.807, 2.05) is 14.1 Å². The molecule has 7 heteroatoms. The van der Waals surface area contributed by atoms with Crippen LogP contribution in [0.25, 0.3) is 0 Å². The number of likely N-dealkylation sites (N-methyl/N-ethyl adjacent to an activating group) is 1. The summed E-state index contributed by atoms with van der Waals surface area (Å²) in [5.41, 5.74) is 0. The summed E-state index contributed by atoms with van der Waals surface area (Å²) in [7, 11) is 4.06. The van der Waals surface area contributed by atoms with Gasteiger partial charge in [0.1, 0.15) is 0 Å². The van der Waals surface area contributed by atoms with Gasteiger partial charge in [0.2, 0.25) is 17.2 Å². The van der Waals surface area contributed by atoms with Crippen LogP contribution in [0.15, 0.2) is 0 Å². The number of hydrogen-bond donors (Lipinski definition) is 1. The Balaban J connectivity index is 2.01. The zero-order valence-corrected chi connectivity index (χ0v) is 12.3. The predicted molar refractivity (Wildman–Crippen MR) is 77.9 cm³/mol. The van der Waals surface area contributed by atoms with Gasteiger partial charge in [0, 0.05) is 26.2 Å². The Labute approximate surface area is 119 Å². The van der Waals surface area contributed by atoms with E-state index in [1.54, 1.807) is 0 Å². The third-order valence-corrected chi connectivity index (χ3v) is 3.25. The van der Waals surface area contributed by atoms with Gasteiger partial charge in [-0.2, -0.15) is 15.0 Å². The highest BCUT2D eigenvalue weighted by Gasteiger charge is 2.15. The Hall–Kier alpha value is -1.14. The largest absolute Gasteiger partial charge is 0.353 e. The molecule has 0 aromatic carbocycles.